The molecule has 0 saturated heterocycles. The van der Waals surface area contributed by atoms with E-state index in [2.05, 4.69) is 15.5 Å². The number of hydrogen-bond acceptors (Lipinski definition) is 5. The number of hydrogen-bond donors (Lipinski definition) is 2. The molecule has 0 bridgehead atoms. The van der Waals surface area contributed by atoms with Crippen LogP contribution in [0.1, 0.15) is 27.6 Å². The molecule has 0 aliphatic heterocycles. The summed E-state index contributed by atoms with van der Waals surface area (Å²) >= 11 is 0. The third-order valence-corrected chi connectivity index (χ3v) is 3.92. The normalized spacial score (nSPS) is 13.2. The second kappa shape index (κ2) is 7.27. The van der Waals surface area contributed by atoms with E-state index in [0.717, 1.165) is 11.1 Å². The number of aryl methyl sites for hydroxylation is 1. The number of carbonyl (C=O) groups is 1. The standard InChI is InChI=1S/C19H19N3O3/c1-14-21-17(22-25-14)18(23)20-13-19(24,16-10-6-3-7-11-16)12-15-8-4-2-5-9-15/h2-11,24H,12-13H2,1H3,(H,20,23)/t19-/m1/s1. The van der Waals surface area contributed by atoms with Crippen molar-refractivity contribution in [1.82, 2.24) is 15.5 Å². The van der Waals surface area contributed by atoms with Gasteiger partial charge in [-0.2, -0.15) is 4.98 Å². The molecule has 1 amide bonds. The minimum atomic E-state index is -1.25. The Bertz CT molecular complexity index is 833. The van der Waals surface area contributed by atoms with Crippen molar-refractivity contribution in [2.24, 2.45) is 0 Å². The Morgan fingerprint density at radius 1 is 1.12 bits per heavy atom. The van der Waals surface area contributed by atoms with Crippen molar-refractivity contribution < 1.29 is 14.4 Å². The van der Waals surface area contributed by atoms with E-state index in [-0.39, 0.29) is 12.4 Å². The van der Waals surface area contributed by atoms with Gasteiger partial charge in [0.15, 0.2) is 0 Å². The zero-order valence-corrected chi connectivity index (χ0v) is 13.8. The molecule has 3 aromatic rings. The van der Waals surface area contributed by atoms with E-state index in [4.69, 9.17) is 4.52 Å². The summed E-state index contributed by atoms with van der Waals surface area (Å²) in [6.07, 6.45) is 0.364. The zero-order valence-electron chi connectivity index (χ0n) is 13.8. The lowest BCUT2D eigenvalue weighted by atomic mass is 9.87. The molecule has 128 valence electrons. The number of rotatable bonds is 6. The first-order chi connectivity index (χ1) is 12.1. The molecule has 0 aliphatic carbocycles. The Kier molecular flexibility index (Phi) is 4.90. The third kappa shape index (κ3) is 4.10. The lowest BCUT2D eigenvalue weighted by Gasteiger charge is -2.29. The monoisotopic (exact) mass is 337 g/mol. The summed E-state index contributed by atoms with van der Waals surface area (Å²) in [5.74, 6) is -0.223. The summed E-state index contributed by atoms with van der Waals surface area (Å²) < 4.78 is 4.81. The Morgan fingerprint density at radius 3 is 2.36 bits per heavy atom. The van der Waals surface area contributed by atoms with Crippen LogP contribution in [0.2, 0.25) is 0 Å². The molecule has 3 rings (SSSR count). The maximum atomic E-state index is 12.2. The van der Waals surface area contributed by atoms with Crippen LogP contribution >= 0.6 is 0 Å². The Balaban J connectivity index is 1.80. The maximum Gasteiger partial charge on any atom is 0.292 e. The van der Waals surface area contributed by atoms with Gasteiger partial charge in [-0.25, -0.2) is 0 Å². The molecule has 1 heterocycles. The Hall–Kier alpha value is -2.99. The summed E-state index contributed by atoms with van der Waals surface area (Å²) in [5.41, 5.74) is 0.443. The van der Waals surface area contributed by atoms with Crippen LogP contribution < -0.4 is 5.32 Å². The fourth-order valence-electron chi connectivity index (χ4n) is 2.65. The molecule has 2 aromatic carbocycles. The molecule has 2 N–H and O–H groups in total. The zero-order chi connectivity index (χ0) is 17.7. The number of aliphatic hydroxyl groups is 1. The first-order valence-corrected chi connectivity index (χ1v) is 7.97. The SMILES string of the molecule is Cc1nc(C(=O)NC[C@](O)(Cc2ccccc2)c2ccccc2)no1. The van der Waals surface area contributed by atoms with Crippen LogP contribution in [0.3, 0.4) is 0 Å². The summed E-state index contributed by atoms with van der Waals surface area (Å²) in [6.45, 7) is 1.64. The minimum absolute atomic E-state index is 0.0261. The minimum Gasteiger partial charge on any atom is -0.383 e. The number of amides is 1. The molecular weight excluding hydrogens is 318 g/mol. The Labute approximate surface area is 145 Å². The smallest absolute Gasteiger partial charge is 0.292 e. The summed E-state index contributed by atoms with van der Waals surface area (Å²) in [5, 5.41) is 17.5. The highest BCUT2D eigenvalue weighted by atomic mass is 16.5. The van der Waals surface area contributed by atoms with Crippen LogP contribution in [0.25, 0.3) is 0 Å². The molecule has 0 fully saturated rings. The van der Waals surface area contributed by atoms with E-state index in [1.807, 2.05) is 60.7 Å². The van der Waals surface area contributed by atoms with Crippen molar-refractivity contribution in [2.45, 2.75) is 18.9 Å². The van der Waals surface area contributed by atoms with E-state index in [1.165, 1.54) is 0 Å². The van der Waals surface area contributed by atoms with Crippen LogP contribution in [0, 0.1) is 6.92 Å². The molecule has 0 aliphatic rings. The molecular formula is C19H19N3O3. The lowest BCUT2D eigenvalue weighted by molar-refractivity contribution is 0.0351. The van der Waals surface area contributed by atoms with Gasteiger partial charge in [0.1, 0.15) is 5.60 Å². The highest BCUT2D eigenvalue weighted by Crippen LogP contribution is 2.25. The average Bonchev–Trinajstić information content (AvgIpc) is 3.08. The van der Waals surface area contributed by atoms with Gasteiger partial charge in [0.2, 0.25) is 5.89 Å². The highest BCUT2D eigenvalue weighted by molar-refractivity contribution is 5.90. The van der Waals surface area contributed by atoms with Gasteiger partial charge in [0.05, 0.1) is 6.54 Å². The number of carbonyl (C=O) groups excluding carboxylic acids is 1. The molecule has 1 atom stereocenters. The van der Waals surface area contributed by atoms with Gasteiger partial charge in [-0.15, -0.1) is 0 Å². The number of aromatic nitrogens is 2. The maximum absolute atomic E-state index is 12.2. The largest absolute Gasteiger partial charge is 0.383 e. The second-order valence-electron chi connectivity index (χ2n) is 5.88. The van der Waals surface area contributed by atoms with Crippen LogP contribution in [-0.2, 0) is 12.0 Å². The fourth-order valence-corrected chi connectivity index (χ4v) is 2.65. The van der Waals surface area contributed by atoms with Gasteiger partial charge < -0.3 is 14.9 Å². The van der Waals surface area contributed by atoms with Crippen molar-refractivity contribution in [3.8, 4) is 0 Å². The van der Waals surface area contributed by atoms with Crippen LogP contribution in [0.15, 0.2) is 65.2 Å². The van der Waals surface area contributed by atoms with Gasteiger partial charge >= 0.3 is 0 Å². The van der Waals surface area contributed by atoms with Gasteiger partial charge in [0, 0.05) is 13.3 Å². The number of benzene rings is 2. The summed E-state index contributed by atoms with van der Waals surface area (Å²) in [7, 11) is 0. The lowest BCUT2D eigenvalue weighted by Crippen LogP contribution is -2.42. The van der Waals surface area contributed by atoms with Crippen LogP contribution in [0.5, 0.6) is 0 Å². The van der Waals surface area contributed by atoms with E-state index < -0.39 is 11.5 Å². The highest BCUT2D eigenvalue weighted by Gasteiger charge is 2.30. The van der Waals surface area contributed by atoms with E-state index in [1.54, 1.807) is 6.92 Å². The van der Waals surface area contributed by atoms with Gasteiger partial charge in [-0.3, -0.25) is 4.79 Å². The molecule has 6 heteroatoms. The summed E-state index contributed by atoms with van der Waals surface area (Å²) in [6, 6.07) is 18.9. The first-order valence-electron chi connectivity index (χ1n) is 7.97. The van der Waals surface area contributed by atoms with Crippen LogP contribution in [0.4, 0.5) is 0 Å². The molecule has 0 radical (unpaired) electrons. The van der Waals surface area contributed by atoms with Crippen molar-refractivity contribution >= 4 is 5.91 Å². The van der Waals surface area contributed by atoms with E-state index >= 15 is 0 Å². The average molecular weight is 337 g/mol. The quantitative estimate of drug-likeness (QED) is 0.720. The topological polar surface area (TPSA) is 88.2 Å². The van der Waals surface area contributed by atoms with Gasteiger partial charge in [-0.05, 0) is 11.1 Å². The Morgan fingerprint density at radius 2 is 1.76 bits per heavy atom. The molecule has 25 heavy (non-hydrogen) atoms. The first kappa shape index (κ1) is 16.9. The van der Waals surface area contributed by atoms with Crippen molar-refractivity contribution in [3.63, 3.8) is 0 Å². The third-order valence-electron chi connectivity index (χ3n) is 3.92. The molecule has 0 spiro atoms. The van der Waals surface area contributed by atoms with E-state index in [0.29, 0.717) is 12.3 Å². The van der Waals surface area contributed by atoms with Gasteiger partial charge in [0.25, 0.3) is 11.7 Å². The summed E-state index contributed by atoms with van der Waals surface area (Å²) in [4.78, 5) is 16.1. The fraction of sp³-hybridized carbons (Fsp3) is 0.211. The van der Waals surface area contributed by atoms with Crippen molar-refractivity contribution in [3.05, 3.63) is 83.5 Å². The van der Waals surface area contributed by atoms with Gasteiger partial charge in [-0.1, -0.05) is 65.8 Å². The van der Waals surface area contributed by atoms with Crippen molar-refractivity contribution in [1.29, 1.82) is 0 Å². The predicted octanol–water partition coefficient (Wildman–Crippen LogP) is 2.24. The molecule has 0 saturated carbocycles. The number of nitrogens with one attached hydrogen (secondary N) is 1. The predicted molar refractivity (Wildman–Crippen MR) is 91.9 cm³/mol. The molecule has 1 aromatic heterocycles. The number of nitrogens with zero attached hydrogens (tertiary/aromatic N) is 2. The van der Waals surface area contributed by atoms with Crippen molar-refractivity contribution in [2.75, 3.05) is 6.54 Å². The second-order valence-corrected chi connectivity index (χ2v) is 5.88. The van der Waals surface area contributed by atoms with E-state index in [9.17, 15) is 9.90 Å². The van der Waals surface area contributed by atoms with Crippen LogP contribution in [-0.4, -0.2) is 27.7 Å². The molecule has 6 nitrogen and oxygen atoms in total. The molecule has 0 unspecified atom stereocenters.